The Labute approximate surface area is 109 Å². The maximum absolute atomic E-state index is 13.4. The van der Waals surface area contributed by atoms with E-state index in [1.807, 2.05) is 6.07 Å². The molecule has 2 aromatic carbocycles. The van der Waals surface area contributed by atoms with Crippen molar-refractivity contribution < 1.29 is 13.9 Å². The highest BCUT2D eigenvalue weighted by molar-refractivity contribution is 5.97. The average molecular weight is 255 g/mol. The Kier molecular flexibility index (Phi) is 3.89. The van der Waals surface area contributed by atoms with Gasteiger partial charge in [-0.3, -0.25) is 4.79 Å². The molecule has 0 spiro atoms. The van der Waals surface area contributed by atoms with Gasteiger partial charge in [0.15, 0.2) is 6.61 Å². The van der Waals surface area contributed by atoms with Crippen molar-refractivity contribution in [1.82, 2.24) is 0 Å². The summed E-state index contributed by atoms with van der Waals surface area (Å²) in [6, 6.07) is 14.2. The lowest BCUT2D eigenvalue weighted by Gasteiger charge is -2.07. The van der Waals surface area contributed by atoms with Crippen LogP contribution >= 0.6 is 0 Å². The summed E-state index contributed by atoms with van der Waals surface area (Å²) in [6.45, 7) is -0.306. The van der Waals surface area contributed by atoms with Crippen molar-refractivity contribution in [3.05, 3.63) is 65.5 Å². The standard InChI is InChI=1S/C15H10FNO2/c16-13-7-3-2-6-12(13)14(18)10-19-15-8-4-1-5-11(15)9-17/h1-8H,10H2. The second-order valence-corrected chi connectivity index (χ2v) is 3.80. The van der Waals surface area contributed by atoms with Crippen LogP contribution < -0.4 is 4.74 Å². The van der Waals surface area contributed by atoms with Crippen LogP contribution in [0.1, 0.15) is 15.9 Å². The molecule has 0 aliphatic heterocycles. The lowest BCUT2D eigenvalue weighted by molar-refractivity contribution is 0.0917. The van der Waals surface area contributed by atoms with E-state index in [2.05, 4.69) is 0 Å². The van der Waals surface area contributed by atoms with Crippen LogP contribution in [0, 0.1) is 17.1 Å². The first-order chi connectivity index (χ1) is 9.22. The number of rotatable bonds is 4. The number of Topliss-reactive ketones (excluding diaryl/α,β-unsaturated/α-hetero) is 1. The summed E-state index contributed by atoms with van der Waals surface area (Å²) in [7, 11) is 0. The number of nitriles is 1. The SMILES string of the molecule is N#Cc1ccccc1OCC(=O)c1ccccc1F. The van der Waals surface area contributed by atoms with Gasteiger partial charge in [-0.15, -0.1) is 0 Å². The number of nitrogens with zero attached hydrogens (tertiary/aromatic N) is 1. The Hall–Kier alpha value is -2.67. The van der Waals surface area contributed by atoms with Crippen molar-refractivity contribution in [3.63, 3.8) is 0 Å². The minimum absolute atomic E-state index is 0.0167. The van der Waals surface area contributed by atoms with Gasteiger partial charge < -0.3 is 4.74 Å². The van der Waals surface area contributed by atoms with Crippen molar-refractivity contribution in [2.24, 2.45) is 0 Å². The number of ether oxygens (including phenoxy) is 1. The van der Waals surface area contributed by atoms with E-state index in [0.29, 0.717) is 11.3 Å². The number of para-hydroxylation sites is 1. The molecule has 0 saturated heterocycles. The normalized spacial score (nSPS) is 9.68. The summed E-state index contributed by atoms with van der Waals surface area (Å²) in [5.74, 6) is -0.731. The van der Waals surface area contributed by atoms with Gasteiger partial charge in [-0.1, -0.05) is 24.3 Å². The number of carbonyl (C=O) groups is 1. The first-order valence-corrected chi connectivity index (χ1v) is 5.62. The van der Waals surface area contributed by atoms with Crippen molar-refractivity contribution in [1.29, 1.82) is 5.26 Å². The number of benzene rings is 2. The monoisotopic (exact) mass is 255 g/mol. The molecule has 0 radical (unpaired) electrons. The number of carbonyl (C=O) groups excluding carboxylic acids is 1. The molecule has 4 heteroatoms. The topological polar surface area (TPSA) is 50.1 Å². The largest absolute Gasteiger partial charge is 0.484 e. The molecule has 2 rings (SSSR count). The quantitative estimate of drug-likeness (QED) is 0.789. The number of hydrogen-bond acceptors (Lipinski definition) is 3. The highest BCUT2D eigenvalue weighted by Crippen LogP contribution is 2.17. The highest BCUT2D eigenvalue weighted by Gasteiger charge is 2.12. The fourth-order valence-corrected chi connectivity index (χ4v) is 1.59. The number of halogens is 1. The van der Waals surface area contributed by atoms with E-state index in [-0.39, 0.29) is 12.2 Å². The Morgan fingerprint density at radius 1 is 1.16 bits per heavy atom. The van der Waals surface area contributed by atoms with Gasteiger partial charge in [0.2, 0.25) is 5.78 Å². The molecule has 0 saturated carbocycles. The zero-order valence-corrected chi connectivity index (χ0v) is 9.97. The molecular weight excluding hydrogens is 245 g/mol. The molecule has 3 nitrogen and oxygen atoms in total. The maximum Gasteiger partial charge on any atom is 0.203 e. The van der Waals surface area contributed by atoms with E-state index < -0.39 is 11.6 Å². The first kappa shape index (κ1) is 12.8. The molecule has 19 heavy (non-hydrogen) atoms. The zero-order valence-electron chi connectivity index (χ0n) is 9.97. The second kappa shape index (κ2) is 5.78. The van der Waals surface area contributed by atoms with Crippen LogP contribution in [0.25, 0.3) is 0 Å². The van der Waals surface area contributed by atoms with Crippen molar-refractivity contribution in [2.45, 2.75) is 0 Å². The predicted octanol–water partition coefficient (Wildman–Crippen LogP) is 2.96. The van der Waals surface area contributed by atoms with Crippen molar-refractivity contribution in [2.75, 3.05) is 6.61 Å². The molecular formula is C15H10FNO2. The Bertz CT molecular complexity index is 647. The van der Waals surface area contributed by atoms with Gasteiger partial charge in [-0.05, 0) is 24.3 Å². The van der Waals surface area contributed by atoms with Crippen LogP contribution in [0.3, 0.4) is 0 Å². The lowest BCUT2D eigenvalue weighted by atomic mass is 10.1. The van der Waals surface area contributed by atoms with Crippen LogP contribution in [0.5, 0.6) is 5.75 Å². The molecule has 0 heterocycles. The maximum atomic E-state index is 13.4. The van der Waals surface area contributed by atoms with E-state index in [0.717, 1.165) is 0 Å². The zero-order chi connectivity index (χ0) is 13.7. The molecule has 2 aromatic rings. The third kappa shape index (κ3) is 2.96. The van der Waals surface area contributed by atoms with Gasteiger partial charge in [0.1, 0.15) is 17.6 Å². The molecule has 0 aromatic heterocycles. The van der Waals surface area contributed by atoms with Gasteiger partial charge in [0.05, 0.1) is 11.1 Å². The third-order valence-corrected chi connectivity index (χ3v) is 2.54. The van der Waals surface area contributed by atoms with Gasteiger partial charge in [-0.2, -0.15) is 5.26 Å². The Morgan fingerprint density at radius 2 is 1.84 bits per heavy atom. The molecule has 0 fully saturated rings. The van der Waals surface area contributed by atoms with Crippen LogP contribution in [0.2, 0.25) is 0 Å². The minimum Gasteiger partial charge on any atom is -0.484 e. The molecule has 94 valence electrons. The summed E-state index contributed by atoms with van der Waals surface area (Å²) >= 11 is 0. The third-order valence-electron chi connectivity index (χ3n) is 2.54. The Morgan fingerprint density at radius 3 is 2.58 bits per heavy atom. The molecule has 0 N–H and O–H groups in total. The summed E-state index contributed by atoms with van der Waals surface area (Å²) in [5.41, 5.74) is 0.320. The van der Waals surface area contributed by atoms with E-state index in [1.165, 1.54) is 18.2 Å². The lowest BCUT2D eigenvalue weighted by Crippen LogP contribution is -2.13. The second-order valence-electron chi connectivity index (χ2n) is 3.80. The smallest absolute Gasteiger partial charge is 0.203 e. The van der Waals surface area contributed by atoms with Crippen LogP contribution in [-0.4, -0.2) is 12.4 Å². The summed E-state index contributed by atoms with van der Waals surface area (Å²) in [6.07, 6.45) is 0. The number of hydrogen-bond donors (Lipinski definition) is 0. The molecule has 0 aliphatic carbocycles. The molecule has 0 bridgehead atoms. The van der Waals surface area contributed by atoms with E-state index in [4.69, 9.17) is 10.00 Å². The fourth-order valence-electron chi connectivity index (χ4n) is 1.59. The summed E-state index contributed by atoms with van der Waals surface area (Å²) < 4.78 is 18.6. The van der Waals surface area contributed by atoms with Crippen LogP contribution in [0.15, 0.2) is 48.5 Å². The molecule has 0 amide bonds. The Balaban J connectivity index is 2.10. The predicted molar refractivity (Wildman–Crippen MR) is 67.4 cm³/mol. The first-order valence-electron chi connectivity index (χ1n) is 5.62. The van der Waals surface area contributed by atoms with Gasteiger partial charge >= 0.3 is 0 Å². The molecule has 0 atom stereocenters. The van der Waals surface area contributed by atoms with Gasteiger partial charge in [-0.25, -0.2) is 4.39 Å². The van der Waals surface area contributed by atoms with Crippen molar-refractivity contribution >= 4 is 5.78 Å². The highest BCUT2D eigenvalue weighted by atomic mass is 19.1. The van der Waals surface area contributed by atoms with Crippen LogP contribution in [0.4, 0.5) is 4.39 Å². The summed E-state index contributed by atoms with van der Waals surface area (Å²) in [5, 5.41) is 8.87. The minimum atomic E-state index is -0.579. The van der Waals surface area contributed by atoms with Gasteiger partial charge in [0, 0.05) is 0 Å². The summed E-state index contributed by atoms with van der Waals surface area (Å²) in [4.78, 5) is 11.8. The molecule has 0 aliphatic rings. The van der Waals surface area contributed by atoms with Gasteiger partial charge in [0.25, 0.3) is 0 Å². The molecule has 0 unspecified atom stereocenters. The van der Waals surface area contributed by atoms with E-state index in [9.17, 15) is 9.18 Å². The fraction of sp³-hybridized carbons (Fsp3) is 0.0667. The number of ketones is 1. The van der Waals surface area contributed by atoms with E-state index >= 15 is 0 Å². The van der Waals surface area contributed by atoms with E-state index in [1.54, 1.807) is 30.3 Å². The average Bonchev–Trinajstić information content (AvgIpc) is 2.45. The van der Waals surface area contributed by atoms with Crippen molar-refractivity contribution in [3.8, 4) is 11.8 Å². The van der Waals surface area contributed by atoms with Crippen LogP contribution in [-0.2, 0) is 0 Å².